The van der Waals surface area contributed by atoms with Gasteiger partial charge in [0.25, 0.3) is 0 Å². The van der Waals surface area contributed by atoms with E-state index in [2.05, 4.69) is 39.2 Å². The molecule has 0 bridgehead atoms. The zero-order valence-corrected chi connectivity index (χ0v) is 16.2. The quantitative estimate of drug-likeness (QED) is 0.734. The van der Waals surface area contributed by atoms with Gasteiger partial charge in [0.05, 0.1) is 5.69 Å². The summed E-state index contributed by atoms with van der Waals surface area (Å²) in [5, 5.41) is 3.36. The molecule has 0 amide bonds. The van der Waals surface area contributed by atoms with E-state index in [1.165, 1.54) is 11.6 Å². The summed E-state index contributed by atoms with van der Waals surface area (Å²) in [4.78, 5) is 13.5. The molecule has 2 aromatic carbocycles. The summed E-state index contributed by atoms with van der Waals surface area (Å²) >= 11 is 0. The van der Waals surface area contributed by atoms with E-state index in [0.717, 1.165) is 43.4 Å². The van der Waals surface area contributed by atoms with Crippen molar-refractivity contribution < 1.29 is 4.39 Å². The number of rotatable bonds is 4. The molecule has 1 fully saturated rings. The van der Waals surface area contributed by atoms with E-state index in [1.807, 2.05) is 37.3 Å². The number of hydrogen-bond acceptors (Lipinski definition) is 5. The Morgan fingerprint density at radius 2 is 1.54 bits per heavy atom. The smallest absolute Gasteiger partial charge is 0.227 e. The van der Waals surface area contributed by atoms with Gasteiger partial charge in [0.15, 0.2) is 0 Å². The maximum Gasteiger partial charge on any atom is 0.227 e. The Bertz CT molecular complexity index is 949. The van der Waals surface area contributed by atoms with Gasteiger partial charge in [-0.2, -0.15) is 4.98 Å². The first-order chi connectivity index (χ1) is 13.6. The molecule has 0 saturated carbocycles. The number of para-hydroxylation sites is 1. The third kappa shape index (κ3) is 4.06. The first-order valence-electron chi connectivity index (χ1n) is 9.52. The Morgan fingerprint density at radius 3 is 2.25 bits per heavy atom. The Kier molecular flexibility index (Phi) is 5.10. The van der Waals surface area contributed by atoms with E-state index in [-0.39, 0.29) is 5.82 Å². The second-order valence-electron chi connectivity index (χ2n) is 7.11. The molecule has 0 radical (unpaired) electrons. The molecule has 3 aromatic rings. The molecular formula is C22H24FN5. The van der Waals surface area contributed by atoms with Gasteiger partial charge in [0.1, 0.15) is 11.6 Å². The summed E-state index contributed by atoms with van der Waals surface area (Å²) in [5.41, 5.74) is 3.79. The van der Waals surface area contributed by atoms with Crippen molar-refractivity contribution in [1.29, 1.82) is 0 Å². The molecule has 6 heteroatoms. The normalized spacial score (nSPS) is 14.2. The highest BCUT2D eigenvalue weighted by atomic mass is 19.1. The van der Waals surface area contributed by atoms with Crippen molar-refractivity contribution in [2.45, 2.75) is 13.8 Å². The Labute approximate surface area is 164 Å². The lowest BCUT2D eigenvalue weighted by Crippen LogP contribution is -2.47. The van der Waals surface area contributed by atoms with Gasteiger partial charge < -0.3 is 15.1 Å². The molecule has 1 saturated heterocycles. The minimum atomic E-state index is -0.174. The molecule has 0 atom stereocenters. The number of piperazine rings is 1. The summed E-state index contributed by atoms with van der Waals surface area (Å²) in [6, 6.07) is 17.1. The predicted octanol–water partition coefficient (Wildman–Crippen LogP) is 4.30. The molecule has 4 rings (SSSR count). The van der Waals surface area contributed by atoms with Gasteiger partial charge in [0, 0.05) is 43.6 Å². The van der Waals surface area contributed by atoms with Gasteiger partial charge in [-0.15, -0.1) is 0 Å². The van der Waals surface area contributed by atoms with Crippen LogP contribution in [0.2, 0.25) is 0 Å². The van der Waals surface area contributed by atoms with Crippen LogP contribution in [0.15, 0.2) is 54.6 Å². The largest absolute Gasteiger partial charge is 0.366 e. The number of aromatic nitrogens is 2. The van der Waals surface area contributed by atoms with Crippen LogP contribution in [0.1, 0.15) is 11.3 Å². The lowest BCUT2D eigenvalue weighted by atomic mass is 10.2. The predicted molar refractivity (Wildman–Crippen MR) is 112 cm³/mol. The zero-order chi connectivity index (χ0) is 19.5. The molecule has 144 valence electrons. The van der Waals surface area contributed by atoms with Gasteiger partial charge in [-0.3, -0.25) is 0 Å². The lowest BCUT2D eigenvalue weighted by Gasteiger charge is -2.36. The van der Waals surface area contributed by atoms with Crippen molar-refractivity contribution in [3.63, 3.8) is 0 Å². The van der Waals surface area contributed by atoms with E-state index in [1.54, 1.807) is 6.07 Å². The summed E-state index contributed by atoms with van der Waals surface area (Å²) in [5.74, 6) is 1.32. The third-order valence-electron chi connectivity index (χ3n) is 4.92. The van der Waals surface area contributed by atoms with Gasteiger partial charge in [-0.05, 0) is 38.1 Å². The number of nitrogens with one attached hydrogen (secondary N) is 1. The topological polar surface area (TPSA) is 44.3 Å². The standard InChI is InChI=1S/C22H24FN5/c1-16-7-9-18(10-8-16)25-21-15-17(2)24-22(26-21)28-13-11-27(12-14-28)20-6-4-3-5-19(20)23/h3-10,15H,11-14H2,1-2H3,(H,24,25,26). The lowest BCUT2D eigenvalue weighted by molar-refractivity contribution is 0.594. The number of benzene rings is 2. The van der Waals surface area contributed by atoms with Gasteiger partial charge in [-0.25, -0.2) is 9.37 Å². The van der Waals surface area contributed by atoms with Crippen molar-refractivity contribution in [3.05, 3.63) is 71.7 Å². The molecule has 0 aliphatic carbocycles. The van der Waals surface area contributed by atoms with Crippen LogP contribution < -0.4 is 15.1 Å². The van der Waals surface area contributed by atoms with Crippen LogP contribution in [0.5, 0.6) is 0 Å². The minimum Gasteiger partial charge on any atom is -0.366 e. The van der Waals surface area contributed by atoms with Crippen LogP contribution in [0.3, 0.4) is 0 Å². The van der Waals surface area contributed by atoms with Crippen LogP contribution in [0.4, 0.5) is 27.5 Å². The fourth-order valence-electron chi connectivity index (χ4n) is 3.40. The van der Waals surface area contributed by atoms with Gasteiger partial charge in [0.2, 0.25) is 5.95 Å². The number of anilines is 4. The molecule has 1 aromatic heterocycles. The molecule has 28 heavy (non-hydrogen) atoms. The van der Waals surface area contributed by atoms with Gasteiger partial charge >= 0.3 is 0 Å². The summed E-state index contributed by atoms with van der Waals surface area (Å²) in [6.45, 7) is 7.01. The van der Waals surface area contributed by atoms with E-state index < -0.39 is 0 Å². The summed E-state index contributed by atoms with van der Waals surface area (Å²) in [7, 11) is 0. The van der Waals surface area contributed by atoms with Crippen molar-refractivity contribution in [1.82, 2.24) is 9.97 Å². The highest BCUT2D eigenvalue weighted by molar-refractivity contribution is 5.58. The number of hydrogen-bond donors (Lipinski definition) is 1. The zero-order valence-electron chi connectivity index (χ0n) is 16.2. The molecule has 2 heterocycles. The van der Waals surface area contributed by atoms with E-state index in [0.29, 0.717) is 11.6 Å². The monoisotopic (exact) mass is 377 g/mol. The maximum atomic E-state index is 14.0. The van der Waals surface area contributed by atoms with Crippen LogP contribution in [-0.2, 0) is 0 Å². The van der Waals surface area contributed by atoms with E-state index in [9.17, 15) is 4.39 Å². The molecule has 1 aliphatic heterocycles. The third-order valence-corrected chi connectivity index (χ3v) is 4.92. The molecule has 0 spiro atoms. The average Bonchev–Trinajstić information content (AvgIpc) is 2.70. The molecule has 1 N–H and O–H groups in total. The fraction of sp³-hybridized carbons (Fsp3) is 0.273. The number of nitrogens with zero attached hydrogens (tertiary/aromatic N) is 4. The first-order valence-corrected chi connectivity index (χ1v) is 9.52. The van der Waals surface area contributed by atoms with Crippen molar-refractivity contribution >= 4 is 23.1 Å². The van der Waals surface area contributed by atoms with Crippen LogP contribution in [0.25, 0.3) is 0 Å². The Morgan fingerprint density at radius 1 is 0.857 bits per heavy atom. The fourth-order valence-corrected chi connectivity index (χ4v) is 3.40. The second kappa shape index (κ2) is 7.84. The molecular weight excluding hydrogens is 353 g/mol. The summed E-state index contributed by atoms with van der Waals surface area (Å²) in [6.07, 6.45) is 0. The van der Waals surface area contributed by atoms with Gasteiger partial charge in [-0.1, -0.05) is 29.8 Å². The van der Waals surface area contributed by atoms with Crippen molar-refractivity contribution in [2.24, 2.45) is 0 Å². The Balaban J connectivity index is 1.47. The van der Waals surface area contributed by atoms with Crippen LogP contribution in [0, 0.1) is 19.7 Å². The van der Waals surface area contributed by atoms with Crippen LogP contribution >= 0.6 is 0 Å². The summed E-state index contributed by atoms with van der Waals surface area (Å²) < 4.78 is 14.0. The minimum absolute atomic E-state index is 0.174. The number of halogens is 1. The number of aryl methyl sites for hydroxylation is 2. The second-order valence-corrected chi connectivity index (χ2v) is 7.11. The molecule has 1 aliphatic rings. The molecule has 0 unspecified atom stereocenters. The molecule has 5 nitrogen and oxygen atoms in total. The van der Waals surface area contributed by atoms with Crippen LogP contribution in [-0.4, -0.2) is 36.1 Å². The van der Waals surface area contributed by atoms with E-state index >= 15 is 0 Å². The van der Waals surface area contributed by atoms with Crippen molar-refractivity contribution in [2.75, 3.05) is 41.3 Å². The van der Waals surface area contributed by atoms with Crippen molar-refractivity contribution in [3.8, 4) is 0 Å². The average molecular weight is 377 g/mol. The highest BCUT2D eigenvalue weighted by Crippen LogP contribution is 2.23. The SMILES string of the molecule is Cc1ccc(Nc2cc(C)nc(N3CCN(c4ccccc4F)CC3)n2)cc1. The first kappa shape index (κ1) is 18.2. The highest BCUT2D eigenvalue weighted by Gasteiger charge is 2.21. The maximum absolute atomic E-state index is 14.0. The van der Waals surface area contributed by atoms with E-state index in [4.69, 9.17) is 4.98 Å². The Hall–Kier alpha value is -3.15.